The van der Waals surface area contributed by atoms with Gasteiger partial charge in [-0.1, -0.05) is 6.92 Å². The lowest BCUT2D eigenvalue weighted by Gasteiger charge is -2.21. The highest BCUT2D eigenvalue weighted by Gasteiger charge is 2.45. The smallest absolute Gasteiger partial charge is 0.325 e. The topological polar surface area (TPSA) is 89.1 Å². The van der Waals surface area contributed by atoms with Crippen LogP contribution in [0.3, 0.4) is 0 Å². The first kappa shape index (κ1) is 22.8. The molecule has 1 aromatic rings. The predicted octanol–water partition coefficient (Wildman–Crippen LogP) is 1.82. The molecule has 2 saturated heterocycles. The average molecular weight is 437 g/mol. The number of hydrogen-bond acceptors (Lipinski definition) is 4. The second-order valence-corrected chi connectivity index (χ2v) is 8.10. The van der Waals surface area contributed by atoms with E-state index in [1.165, 1.54) is 17.0 Å². The van der Waals surface area contributed by atoms with Crippen LogP contribution in [0.2, 0.25) is 0 Å². The molecule has 3 N–H and O–H groups in total. The summed E-state index contributed by atoms with van der Waals surface area (Å²) in [6, 6.07) is 3.32. The molecular formula is C21H30F2N6O2. The fourth-order valence-corrected chi connectivity index (χ4v) is 3.86. The second-order valence-electron chi connectivity index (χ2n) is 8.10. The van der Waals surface area contributed by atoms with Crippen molar-refractivity contribution in [2.75, 3.05) is 38.1 Å². The maximum absolute atomic E-state index is 14.0. The molecule has 0 radical (unpaired) electrons. The Hall–Kier alpha value is -2.91. The number of urea groups is 1. The van der Waals surface area contributed by atoms with Gasteiger partial charge >= 0.3 is 6.03 Å². The van der Waals surface area contributed by atoms with Crippen molar-refractivity contribution in [3.05, 3.63) is 29.8 Å². The first-order valence-electron chi connectivity index (χ1n) is 10.6. The number of rotatable bonds is 7. The standard InChI is InChI=1S/C21H30F2N6O2/c1-4-21(2)18(30)29(20(31)27-21)10-5-9-25-19(24-3)26-15-8-11-28(13-15)17-7-6-14(22)12-16(17)23/h6-7,12,15H,4-5,8-11,13H2,1-3H3,(H,27,31)(H2,24,25,26). The predicted molar refractivity (Wildman–Crippen MR) is 115 cm³/mol. The van der Waals surface area contributed by atoms with Gasteiger partial charge in [-0.15, -0.1) is 0 Å². The van der Waals surface area contributed by atoms with Crippen LogP contribution in [0.4, 0.5) is 19.3 Å². The third-order valence-corrected chi connectivity index (χ3v) is 5.91. The lowest BCUT2D eigenvalue weighted by atomic mass is 9.99. The molecule has 2 unspecified atom stereocenters. The largest absolute Gasteiger partial charge is 0.367 e. The summed E-state index contributed by atoms with van der Waals surface area (Å²) in [4.78, 5) is 31.8. The van der Waals surface area contributed by atoms with Gasteiger partial charge in [0.2, 0.25) is 0 Å². The van der Waals surface area contributed by atoms with Crippen LogP contribution in [0.15, 0.2) is 23.2 Å². The number of anilines is 1. The van der Waals surface area contributed by atoms with E-state index in [-0.39, 0.29) is 18.0 Å². The van der Waals surface area contributed by atoms with Gasteiger partial charge in [-0.05, 0) is 38.3 Å². The monoisotopic (exact) mass is 436 g/mol. The van der Waals surface area contributed by atoms with E-state index < -0.39 is 17.2 Å². The molecule has 3 amide bonds. The first-order valence-corrected chi connectivity index (χ1v) is 10.6. The summed E-state index contributed by atoms with van der Waals surface area (Å²) in [5.74, 6) is -0.751. The molecule has 2 aliphatic heterocycles. The van der Waals surface area contributed by atoms with Gasteiger partial charge in [0.25, 0.3) is 5.91 Å². The number of amides is 3. The zero-order chi connectivity index (χ0) is 22.6. The van der Waals surface area contributed by atoms with Gasteiger partial charge in [-0.2, -0.15) is 0 Å². The Kier molecular flexibility index (Phi) is 6.97. The summed E-state index contributed by atoms with van der Waals surface area (Å²) >= 11 is 0. The number of benzene rings is 1. The van der Waals surface area contributed by atoms with Crippen molar-refractivity contribution in [3.8, 4) is 0 Å². The van der Waals surface area contributed by atoms with E-state index in [4.69, 9.17) is 0 Å². The SMILES string of the molecule is CCC1(C)NC(=O)N(CCCNC(=NC)NC2CCN(c3ccc(F)cc3F)C2)C1=O. The van der Waals surface area contributed by atoms with Crippen LogP contribution in [0.25, 0.3) is 0 Å². The van der Waals surface area contributed by atoms with Crippen molar-refractivity contribution in [2.45, 2.75) is 44.7 Å². The maximum Gasteiger partial charge on any atom is 0.325 e. The Balaban J connectivity index is 1.43. The highest BCUT2D eigenvalue weighted by molar-refractivity contribution is 6.06. The Bertz CT molecular complexity index is 864. The molecule has 2 heterocycles. The van der Waals surface area contributed by atoms with Crippen molar-refractivity contribution in [1.29, 1.82) is 0 Å². The highest BCUT2D eigenvalue weighted by Crippen LogP contribution is 2.24. The van der Waals surface area contributed by atoms with Crippen LogP contribution < -0.4 is 20.9 Å². The minimum atomic E-state index is -0.819. The van der Waals surface area contributed by atoms with E-state index in [9.17, 15) is 18.4 Å². The molecule has 170 valence electrons. The molecule has 2 aliphatic rings. The summed E-state index contributed by atoms with van der Waals surface area (Å²) in [5, 5.41) is 9.23. The van der Waals surface area contributed by atoms with Crippen molar-refractivity contribution in [2.24, 2.45) is 4.99 Å². The van der Waals surface area contributed by atoms with E-state index in [1.807, 2.05) is 11.8 Å². The zero-order valence-corrected chi connectivity index (χ0v) is 18.2. The van der Waals surface area contributed by atoms with Crippen LogP contribution in [0, 0.1) is 11.6 Å². The lowest BCUT2D eigenvalue weighted by molar-refractivity contribution is -0.130. The number of nitrogens with one attached hydrogen (secondary N) is 3. The normalized spacial score (nSPS) is 24.0. The number of hydrogen-bond donors (Lipinski definition) is 3. The van der Waals surface area contributed by atoms with Gasteiger partial charge in [0, 0.05) is 45.3 Å². The molecule has 8 nitrogen and oxygen atoms in total. The van der Waals surface area contributed by atoms with E-state index in [0.717, 1.165) is 12.5 Å². The average Bonchev–Trinajstić information content (AvgIpc) is 3.27. The van der Waals surface area contributed by atoms with Crippen LogP contribution in [0.1, 0.15) is 33.1 Å². The summed E-state index contributed by atoms with van der Waals surface area (Å²) < 4.78 is 27.2. The van der Waals surface area contributed by atoms with E-state index >= 15 is 0 Å². The van der Waals surface area contributed by atoms with E-state index in [1.54, 1.807) is 14.0 Å². The number of aliphatic imine (C=N–C) groups is 1. The van der Waals surface area contributed by atoms with Crippen molar-refractivity contribution in [3.63, 3.8) is 0 Å². The maximum atomic E-state index is 14.0. The number of guanidine groups is 1. The van der Waals surface area contributed by atoms with Crippen molar-refractivity contribution in [1.82, 2.24) is 20.9 Å². The Morgan fingerprint density at radius 2 is 2.13 bits per heavy atom. The Morgan fingerprint density at radius 1 is 1.35 bits per heavy atom. The third kappa shape index (κ3) is 5.05. The van der Waals surface area contributed by atoms with Gasteiger partial charge in [0.1, 0.15) is 17.2 Å². The minimum absolute atomic E-state index is 0.0619. The molecule has 0 aliphatic carbocycles. The van der Waals surface area contributed by atoms with E-state index in [2.05, 4.69) is 20.9 Å². The summed E-state index contributed by atoms with van der Waals surface area (Å²) in [7, 11) is 1.66. The summed E-state index contributed by atoms with van der Waals surface area (Å²) in [6.07, 6.45) is 1.91. The number of halogens is 2. The molecule has 2 fully saturated rings. The fourth-order valence-electron chi connectivity index (χ4n) is 3.86. The first-order chi connectivity index (χ1) is 14.8. The van der Waals surface area contributed by atoms with Crippen LogP contribution in [-0.2, 0) is 4.79 Å². The lowest BCUT2D eigenvalue weighted by Crippen LogP contribution is -2.45. The molecule has 0 bridgehead atoms. The van der Waals surface area contributed by atoms with Gasteiger partial charge in [-0.25, -0.2) is 13.6 Å². The molecule has 10 heteroatoms. The Morgan fingerprint density at radius 3 is 2.77 bits per heavy atom. The van der Waals surface area contributed by atoms with Gasteiger partial charge in [-0.3, -0.25) is 14.7 Å². The van der Waals surface area contributed by atoms with Crippen LogP contribution in [0.5, 0.6) is 0 Å². The Labute approximate surface area is 181 Å². The minimum Gasteiger partial charge on any atom is -0.367 e. The molecule has 1 aromatic carbocycles. The third-order valence-electron chi connectivity index (χ3n) is 5.91. The molecule has 0 saturated carbocycles. The summed E-state index contributed by atoms with van der Waals surface area (Å²) in [5.41, 5.74) is -0.429. The highest BCUT2D eigenvalue weighted by atomic mass is 19.1. The summed E-state index contributed by atoms with van der Waals surface area (Å²) in [6.45, 7) is 5.68. The molecule has 31 heavy (non-hydrogen) atoms. The van der Waals surface area contributed by atoms with Crippen molar-refractivity contribution >= 4 is 23.6 Å². The number of imide groups is 1. The number of carbonyl (C=O) groups excluding carboxylic acids is 2. The van der Waals surface area contributed by atoms with Gasteiger partial charge in [0.05, 0.1) is 5.69 Å². The number of nitrogens with zero attached hydrogens (tertiary/aromatic N) is 3. The van der Waals surface area contributed by atoms with Crippen molar-refractivity contribution < 1.29 is 18.4 Å². The molecule has 3 rings (SSSR count). The molecule has 0 spiro atoms. The van der Waals surface area contributed by atoms with Crippen LogP contribution >= 0.6 is 0 Å². The molecule has 0 aromatic heterocycles. The second kappa shape index (κ2) is 9.49. The van der Waals surface area contributed by atoms with Crippen LogP contribution in [-0.4, -0.2) is 67.6 Å². The molecular weight excluding hydrogens is 406 g/mol. The zero-order valence-electron chi connectivity index (χ0n) is 18.2. The fraction of sp³-hybridized carbons (Fsp3) is 0.571. The van der Waals surface area contributed by atoms with Gasteiger partial charge in [0.15, 0.2) is 5.96 Å². The number of carbonyl (C=O) groups is 2. The molecule has 2 atom stereocenters. The van der Waals surface area contributed by atoms with E-state index in [0.29, 0.717) is 50.7 Å². The van der Waals surface area contributed by atoms with Gasteiger partial charge < -0.3 is 20.9 Å². The quantitative estimate of drug-likeness (QED) is 0.263.